The number of hydrogen-bond donors (Lipinski definition) is 0. The Morgan fingerprint density at radius 2 is 2.15 bits per heavy atom. The summed E-state index contributed by atoms with van der Waals surface area (Å²) in [5, 5.41) is 3.97. The lowest BCUT2D eigenvalue weighted by molar-refractivity contribution is -0.141. The standard InChI is InChI=1S/C14H17N3O3/c1-10-6-4-5-7-11(10)14-15-12(20-16-14)8-17(2)9-13(18)19-3/h4-7H,8-9H2,1-3H3. The second-order valence-corrected chi connectivity index (χ2v) is 4.58. The minimum atomic E-state index is -0.300. The molecule has 6 heteroatoms. The van der Waals surface area contributed by atoms with Crippen molar-refractivity contribution in [3.8, 4) is 11.4 Å². The molecule has 0 amide bonds. The molecule has 0 aliphatic rings. The number of aryl methyl sites for hydroxylation is 1. The minimum Gasteiger partial charge on any atom is -0.468 e. The van der Waals surface area contributed by atoms with Crippen molar-refractivity contribution in [3.63, 3.8) is 0 Å². The summed E-state index contributed by atoms with van der Waals surface area (Å²) in [5.74, 6) is 0.727. The topological polar surface area (TPSA) is 68.5 Å². The molecule has 20 heavy (non-hydrogen) atoms. The van der Waals surface area contributed by atoms with Crippen LogP contribution in [0.2, 0.25) is 0 Å². The fourth-order valence-electron chi connectivity index (χ4n) is 1.82. The lowest BCUT2D eigenvalue weighted by atomic mass is 10.1. The Morgan fingerprint density at radius 3 is 2.85 bits per heavy atom. The number of esters is 1. The Bertz CT molecular complexity index is 595. The van der Waals surface area contributed by atoms with E-state index in [2.05, 4.69) is 14.9 Å². The van der Waals surface area contributed by atoms with Crippen LogP contribution in [0, 0.1) is 6.92 Å². The van der Waals surface area contributed by atoms with Crippen molar-refractivity contribution in [2.24, 2.45) is 0 Å². The number of rotatable bonds is 5. The maximum absolute atomic E-state index is 11.2. The van der Waals surface area contributed by atoms with Crippen molar-refractivity contribution < 1.29 is 14.1 Å². The summed E-state index contributed by atoms with van der Waals surface area (Å²) in [5.41, 5.74) is 2.03. The predicted octanol–water partition coefficient (Wildman–Crippen LogP) is 1.65. The molecule has 0 bridgehead atoms. The van der Waals surface area contributed by atoms with Crippen LogP contribution in [-0.4, -0.2) is 41.7 Å². The Kier molecular flexibility index (Phi) is 4.47. The van der Waals surface area contributed by atoms with Crippen molar-refractivity contribution in [3.05, 3.63) is 35.7 Å². The van der Waals surface area contributed by atoms with Crippen molar-refractivity contribution in [2.75, 3.05) is 20.7 Å². The maximum atomic E-state index is 11.2. The molecule has 0 aliphatic heterocycles. The number of likely N-dealkylation sites (N-methyl/N-ethyl adjacent to an activating group) is 1. The predicted molar refractivity (Wildman–Crippen MR) is 72.8 cm³/mol. The second kappa shape index (κ2) is 6.29. The van der Waals surface area contributed by atoms with E-state index in [0.29, 0.717) is 18.3 Å². The van der Waals surface area contributed by atoms with E-state index in [1.807, 2.05) is 31.2 Å². The molecule has 1 heterocycles. The summed E-state index contributed by atoms with van der Waals surface area (Å²) in [6, 6.07) is 7.84. The largest absolute Gasteiger partial charge is 0.468 e. The van der Waals surface area contributed by atoms with E-state index in [1.54, 1.807) is 11.9 Å². The highest BCUT2D eigenvalue weighted by Gasteiger charge is 2.13. The highest BCUT2D eigenvalue weighted by molar-refractivity contribution is 5.71. The third kappa shape index (κ3) is 3.42. The molecule has 6 nitrogen and oxygen atoms in total. The van der Waals surface area contributed by atoms with Crippen LogP contribution < -0.4 is 0 Å². The molecule has 1 aromatic carbocycles. The average Bonchev–Trinajstić information content (AvgIpc) is 2.87. The van der Waals surface area contributed by atoms with Crippen LogP contribution in [0.25, 0.3) is 11.4 Å². The van der Waals surface area contributed by atoms with Gasteiger partial charge in [0.15, 0.2) is 0 Å². The van der Waals surface area contributed by atoms with Gasteiger partial charge in [0.2, 0.25) is 11.7 Å². The van der Waals surface area contributed by atoms with Crippen LogP contribution in [0.4, 0.5) is 0 Å². The molecular formula is C14H17N3O3. The zero-order valence-electron chi connectivity index (χ0n) is 11.8. The molecule has 0 atom stereocenters. The average molecular weight is 275 g/mol. The zero-order chi connectivity index (χ0) is 14.5. The van der Waals surface area contributed by atoms with Gasteiger partial charge in [-0.1, -0.05) is 29.4 Å². The number of benzene rings is 1. The van der Waals surface area contributed by atoms with Crippen molar-refractivity contribution in [1.82, 2.24) is 15.0 Å². The lowest BCUT2D eigenvalue weighted by Gasteiger charge is -2.11. The van der Waals surface area contributed by atoms with E-state index in [0.717, 1.165) is 11.1 Å². The van der Waals surface area contributed by atoms with Crippen LogP contribution in [0.5, 0.6) is 0 Å². The second-order valence-electron chi connectivity index (χ2n) is 4.58. The van der Waals surface area contributed by atoms with Gasteiger partial charge in [-0.15, -0.1) is 0 Å². The van der Waals surface area contributed by atoms with Crippen LogP contribution in [0.1, 0.15) is 11.5 Å². The van der Waals surface area contributed by atoms with Crippen LogP contribution >= 0.6 is 0 Å². The fourth-order valence-corrected chi connectivity index (χ4v) is 1.82. The molecule has 1 aromatic heterocycles. The highest BCUT2D eigenvalue weighted by Crippen LogP contribution is 2.19. The smallest absolute Gasteiger partial charge is 0.319 e. The summed E-state index contributed by atoms with van der Waals surface area (Å²) in [6.45, 7) is 2.57. The van der Waals surface area contributed by atoms with Gasteiger partial charge in [0.05, 0.1) is 20.2 Å². The number of methoxy groups -OCH3 is 1. The Labute approximate surface area is 117 Å². The van der Waals surface area contributed by atoms with E-state index < -0.39 is 0 Å². The number of nitrogens with zero attached hydrogens (tertiary/aromatic N) is 3. The fraction of sp³-hybridized carbons (Fsp3) is 0.357. The van der Waals surface area contributed by atoms with Gasteiger partial charge in [0.1, 0.15) is 0 Å². The van der Waals surface area contributed by atoms with Gasteiger partial charge in [0.25, 0.3) is 0 Å². The molecule has 0 unspecified atom stereocenters. The quantitative estimate of drug-likeness (QED) is 0.773. The summed E-state index contributed by atoms with van der Waals surface area (Å²) < 4.78 is 9.81. The first-order chi connectivity index (χ1) is 9.60. The Hall–Kier alpha value is -2.21. The molecule has 106 valence electrons. The number of carbonyl (C=O) groups excluding carboxylic acids is 1. The molecule has 2 rings (SSSR count). The van der Waals surface area contributed by atoms with E-state index in [9.17, 15) is 4.79 Å². The van der Waals surface area contributed by atoms with Crippen LogP contribution in [-0.2, 0) is 16.1 Å². The molecule has 0 N–H and O–H groups in total. The zero-order valence-corrected chi connectivity index (χ0v) is 11.8. The van der Waals surface area contributed by atoms with Gasteiger partial charge < -0.3 is 9.26 Å². The summed E-state index contributed by atoms with van der Waals surface area (Å²) in [6.07, 6.45) is 0. The number of hydrogen-bond acceptors (Lipinski definition) is 6. The minimum absolute atomic E-state index is 0.179. The van der Waals surface area contributed by atoms with E-state index >= 15 is 0 Å². The summed E-state index contributed by atoms with van der Waals surface area (Å²) in [4.78, 5) is 17.2. The van der Waals surface area contributed by atoms with Gasteiger partial charge in [-0.05, 0) is 19.5 Å². The van der Waals surface area contributed by atoms with E-state index in [4.69, 9.17) is 4.52 Å². The van der Waals surface area contributed by atoms with Crippen LogP contribution in [0.15, 0.2) is 28.8 Å². The first-order valence-electron chi connectivity index (χ1n) is 6.24. The first-order valence-corrected chi connectivity index (χ1v) is 6.24. The molecule has 0 saturated heterocycles. The van der Waals surface area contributed by atoms with Gasteiger partial charge in [-0.2, -0.15) is 4.98 Å². The monoisotopic (exact) mass is 275 g/mol. The molecule has 0 aliphatic carbocycles. The van der Waals surface area contributed by atoms with Crippen LogP contribution in [0.3, 0.4) is 0 Å². The first kappa shape index (κ1) is 14.2. The molecule has 0 radical (unpaired) electrons. The SMILES string of the molecule is COC(=O)CN(C)Cc1nc(-c2ccccc2C)no1. The molecule has 0 fully saturated rings. The lowest BCUT2D eigenvalue weighted by Crippen LogP contribution is -2.26. The maximum Gasteiger partial charge on any atom is 0.319 e. The third-order valence-electron chi connectivity index (χ3n) is 2.89. The highest BCUT2D eigenvalue weighted by atomic mass is 16.5. The summed E-state index contributed by atoms with van der Waals surface area (Å²) >= 11 is 0. The number of aromatic nitrogens is 2. The van der Waals surface area contributed by atoms with Gasteiger partial charge >= 0.3 is 5.97 Å². The third-order valence-corrected chi connectivity index (χ3v) is 2.89. The van der Waals surface area contributed by atoms with E-state index in [1.165, 1.54) is 7.11 Å². The van der Waals surface area contributed by atoms with Gasteiger partial charge in [-0.3, -0.25) is 9.69 Å². The molecule has 2 aromatic rings. The Morgan fingerprint density at radius 1 is 1.40 bits per heavy atom. The van der Waals surface area contributed by atoms with Crippen molar-refractivity contribution in [1.29, 1.82) is 0 Å². The molecule has 0 saturated carbocycles. The van der Waals surface area contributed by atoms with Gasteiger partial charge in [0, 0.05) is 5.56 Å². The van der Waals surface area contributed by atoms with E-state index in [-0.39, 0.29) is 12.5 Å². The number of carbonyl (C=O) groups is 1. The van der Waals surface area contributed by atoms with Gasteiger partial charge in [-0.25, -0.2) is 0 Å². The van der Waals surface area contributed by atoms with Crippen molar-refractivity contribution in [2.45, 2.75) is 13.5 Å². The Balaban J connectivity index is 2.06. The summed E-state index contributed by atoms with van der Waals surface area (Å²) in [7, 11) is 3.15. The number of ether oxygens (including phenoxy) is 1. The normalized spacial score (nSPS) is 10.8. The molecular weight excluding hydrogens is 258 g/mol. The van der Waals surface area contributed by atoms with Crippen molar-refractivity contribution >= 4 is 5.97 Å². The molecule has 0 spiro atoms.